The van der Waals surface area contributed by atoms with Gasteiger partial charge in [-0.25, -0.2) is 4.98 Å². The Morgan fingerprint density at radius 1 is 1.35 bits per heavy atom. The summed E-state index contributed by atoms with van der Waals surface area (Å²) in [7, 11) is 1.85. The first-order valence-electron chi connectivity index (χ1n) is 8.18. The van der Waals surface area contributed by atoms with Crippen LogP contribution in [-0.2, 0) is 0 Å². The Morgan fingerprint density at radius 3 is 2.83 bits per heavy atom. The molecule has 2 aromatic rings. The van der Waals surface area contributed by atoms with Crippen LogP contribution in [-0.4, -0.2) is 40.2 Å². The molecule has 0 spiro atoms. The van der Waals surface area contributed by atoms with Crippen LogP contribution in [0.4, 0.5) is 5.82 Å². The summed E-state index contributed by atoms with van der Waals surface area (Å²) in [4.78, 5) is 11.4. The maximum atomic E-state index is 5.56. The van der Waals surface area contributed by atoms with Crippen LogP contribution in [0.2, 0.25) is 0 Å². The smallest absolute Gasteiger partial charge is 0.244 e. The maximum absolute atomic E-state index is 5.56. The zero-order valence-corrected chi connectivity index (χ0v) is 14.3. The first-order chi connectivity index (χ1) is 11.0. The molecule has 124 valence electrons. The molecule has 1 aliphatic heterocycles. The van der Waals surface area contributed by atoms with Crippen molar-refractivity contribution in [1.29, 1.82) is 0 Å². The van der Waals surface area contributed by atoms with Gasteiger partial charge in [0.05, 0.1) is 6.04 Å². The summed E-state index contributed by atoms with van der Waals surface area (Å²) in [6.07, 6.45) is 4.02. The molecule has 6 nitrogen and oxygen atoms in total. The van der Waals surface area contributed by atoms with E-state index < -0.39 is 0 Å². The molecule has 1 unspecified atom stereocenters. The van der Waals surface area contributed by atoms with Crippen LogP contribution in [0, 0.1) is 5.41 Å². The quantitative estimate of drug-likeness (QED) is 0.933. The Labute approximate surface area is 137 Å². The van der Waals surface area contributed by atoms with Crippen molar-refractivity contribution in [2.24, 2.45) is 5.41 Å². The molecule has 1 saturated heterocycles. The molecule has 0 aliphatic carbocycles. The van der Waals surface area contributed by atoms with E-state index in [1.165, 1.54) is 6.42 Å². The summed E-state index contributed by atoms with van der Waals surface area (Å²) < 4.78 is 5.56. The molecule has 1 N–H and O–H groups in total. The number of hydrogen-bond acceptors (Lipinski definition) is 6. The molecule has 0 bridgehead atoms. The van der Waals surface area contributed by atoms with Gasteiger partial charge >= 0.3 is 0 Å². The second-order valence-corrected chi connectivity index (χ2v) is 7.33. The van der Waals surface area contributed by atoms with Crippen LogP contribution in [0.15, 0.2) is 22.9 Å². The van der Waals surface area contributed by atoms with Gasteiger partial charge in [0.2, 0.25) is 11.7 Å². The van der Waals surface area contributed by atoms with Gasteiger partial charge in [0.1, 0.15) is 5.82 Å². The molecule has 1 aliphatic rings. The number of nitrogens with zero attached hydrogens (tertiary/aromatic N) is 4. The highest BCUT2D eigenvalue weighted by Gasteiger charge is 2.33. The zero-order chi connectivity index (χ0) is 16.4. The van der Waals surface area contributed by atoms with Crippen LogP contribution in [0.5, 0.6) is 0 Å². The SMILES string of the molecule is CNc1ccc(-c2noc(C3CCCN3CC(C)(C)C)n2)cn1. The van der Waals surface area contributed by atoms with Gasteiger partial charge in [-0.2, -0.15) is 4.98 Å². The monoisotopic (exact) mass is 315 g/mol. The average Bonchev–Trinajstić information content (AvgIpc) is 3.14. The van der Waals surface area contributed by atoms with Gasteiger partial charge in [-0.05, 0) is 36.9 Å². The lowest BCUT2D eigenvalue weighted by Gasteiger charge is -2.29. The van der Waals surface area contributed by atoms with Crippen molar-refractivity contribution in [3.63, 3.8) is 0 Å². The summed E-state index contributed by atoms with van der Waals surface area (Å²) in [5.41, 5.74) is 1.14. The molecule has 3 rings (SSSR count). The molecule has 6 heteroatoms. The molecule has 0 amide bonds. The number of pyridine rings is 1. The molecular weight excluding hydrogens is 290 g/mol. The summed E-state index contributed by atoms with van der Waals surface area (Å²) in [6, 6.07) is 4.10. The van der Waals surface area contributed by atoms with Gasteiger partial charge in [0.15, 0.2) is 0 Å². The molecule has 0 saturated carbocycles. The van der Waals surface area contributed by atoms with E-state index in [4.69, 9.17) is 4.52 Å². The molecular formula is C17H25N5O. The Bertz CT molecular complexity index is 644. The Hall–Kier alpha value is -1.95. The maximum Gasteiger partial charge on any atom is 0.244 e. The third kappa shape index (κ3) is 3.69. The van der Waals surface area contributed by atoms with E-state index >= 15 is 0 Å². The number of aromatic nitrogens is 3. The van der Waals surface area contributed by atoms with E-state index in [1.54, 1.807) is 6.20 Å². The lowest BCUT2D eigenvalue weighted by atomic mass is 9.96. The highest BCUT2D eigenvalue weighted by Crippen LogP contribution is 2.34. The van der Waals surface area contributed by atoms with Gasteiger partial charge in [-0.3, -0.25) is 4.90 Å². The standard InChI is InChI=1S/C17H25N5O/c1-17(2,3)11-22-9-5-6-13(22)16-20-15(21-23-16)12-7-8-14(18-4)19-10-12/h7-8,10,13H,5-6,9,11H2,1-4H3,(H,18,19). The van der Waals surface area contributed by atoms with E-state index in [1.807, 2.05) is 19.2 Å². The van der Waals surface area contributed by atoms with Crippen molar-refractivity contribution >= 4 is 5.82 Å². The van der Waals surface area contributed by atoms with E-state index in [2.05, 4.69) is 46.1 Å². The Morgan fingerprint density at radius 2 is 2.17 bits per heavy atom. The van der Waals surface area contributed by atoms with Crippen LogP contribution in [0.25, 0.3) is 11.4 Å². The summed E-state index contributed by atoms with van der Waals surface area (Å²) in [6.45, 7) is 8.91. The minimum atomic E-state index is 0.236. The zero-order valence-electron chi connectivity index (χ0n) is 14.3. The molecule has 1 fully saturated rings. The van der Waals surface area contributed by atoms with Crippen molar-refractivity contribution < 1.29 is 4.52 Å². The number of rotatable bonds is 4. The lowest BCUT2D eigenvalue weighted by Crippen LogP contribution is -2.32. The summed E-state index contributed by atoms with van der Waals surface area (Å²) in [5.74, 6) is 2.15. The largest absolute Gasteiger partial charge is 0.373 e. The van der Waals surface area contributed by atoms with Crippen molar-refractivity contribution in [3.8, 4) is 11.4 Å². The van der Waals surface area contributed by atoms with E-state index in [-0.39, 0.29) is 11.5 Å². The van der Waals surface area contributed by atoms with Crippen LogP contribution < -0.4 is 5.32 Å². The molecule has 2 aromatic heterocycles. The van der Waals surface area contributed by atoms with Crippen LogP contribution >= 0.6 is 0 Å². The van der Waals surface area contributed by atoms with Crippen molar-refractivity contribution in [2.75, 3.05) is 25.5 Å². The molecule has 0 aromatic carbocycles. The second kappa shape index (κ2) is 6.28. The van der Waals surface area contributed by atoms with Gasteiger partial charge < -0.3 is 9.84 Å². The van der Waals surface area contributed by atoms with Crippen molar-refractivity contribution in [2.45, 2.75) is 39.7 Å². The van der Waals surface area contributed by atoms with Gasteiger partial charge in [-0.15, -0.1) is 0 Å². The third-order valence-electron chi connectivity index (χ3n) is 4.05. The number of likely N-dealkylation sites (tertiary alicyclic amines) is 1. The predicted molar refractivity (Wildman–Crippen MR) is 90.1 cm³/mol. The number of hydrogen-bond donors (Lipinski definition) is 1. The molecule has 1 atom stereocenters. The van der Waals surface area contributed by atoms with E-state index in [0.29, 0.717) is 5.82 Å². The summed E-state index contributed by atoms with van der Waals surface area (Å²) in [5, 5.41) is 7.15. The number of anilines is 1. The fraction of sp³-hybridized carbons (Fsp3) is 0.588. The highest BCUT2D eigenvalue weighted by molar-refractivity contribution is 5.55. The van der Waals surface area contributed by atoms with Crippen LogP contribution in [0.1, 0.15) is 45.5 Å². The van der Waals surface area contributed by atoms with Gasteiger partial charge in [0, 0.05) is 25.4 Å². The minimum Gasteiger partial charge on any atom is -0.373 e. The molecule has 0 radical (unpaired) electrons. The molecule has 23 heavy (non-hydrogen) atoms. The first-order valence-corrected chi connectivity index (χ1v) is 8.18. The van der Waals surface area contributed by atoms with Gasteiger partial charge in [-0.1, -0.05) is 25.9 Å². The molecule has 3 heterocycles. The fourth-order valence-corrected chi connectivity index (χ4v) is 3.07. The Balaban J connectivity index is 1.77. The predicted octanol–water partition coefficient (Wildman–Crippen LogP) is 3.36. The van der Waals surface area contributed by atoms with E-state index in [0.717, 1.165) is 36.8 Å². The average molecular weight is 315 g/mol. The normalized spacial score (nSPS) is 19.2. The lowest BCUT2D eigenvalue weighted by molar-refractivity contribution is 0.153. The summed E-state index contributed by atoms with van der Waals surface area (Å²) >= 11 is 0. The first kappa shape index (κ1) is 15.9. The van der Waals surface area contributed by atoms with Crippen molar-refractivity contribution in [1.82, 2.24) is 20.0 Å². The second-order valence-electron chi connectivity index (χ2n) is 7.33. The van der Waals surface area contributed by atoms with Gasteiger partial charge in [0.25, 0.3) is 0 Å². The van der Waals surface area contributed by atoms with Crippen LogP contribution in [0.3, 0.4) is 0 Å². The fourth-order valence-electron chi connectivity index (χ4n) is 3.07. The number of nitrogens with one attached hydrogen (secondary N) is 1. The topological polar surface area (TPSA) is 67.1 Å². The Kier molecular flexibility index (Phi) is 4.35. The third-order valence-corrected chi connectivity index (χ3v) is 4.05. The minimum absolute atomic E-state index is 0.236. The van der Waals surface area contributed by atoms with Crippen molar-refractivity contribution in [3.05, 3.63) is 24.2 Å². The van der Waals surface area contributed by atoms with E-state index in [9.17, 15) is 0 Å². The highest BCUT2D eigenvalue weighted by atomic mass is 16.5.